The van der Waals surface area contributed by atoms with E-state index in [0.717, 1.165) is 24.3 Å². The second-order valence-electron chi connectivity index (χ2n) is 4.28. The van der Waals surface area contributed by atoms with Crippen LogP contribution in [-0.2, 0) is 0 Å². The molecule has 2 aromatic rings. The van der Waals surface area contributed by atoms with E-state index in [1.165, 1.54) is 6.20 Å². The maximum Gasteiger partial charge on any atom is 0.216 e. The van der Waals surface area contributed by atoms with Gasteiger partial charge >= 0.3 is 0 Å². The number of hydrogen-bond donors (Lipinski definition) is 2. The van der Waals surface area contributed by atoms with E-state index < -0.39 is 0 Å². The van der Waals surface area contributed by atoms with Gasteiger partial charge in [0.05, 0.1) is 6.61 Å². The minimum Gasteiger partial charge on any atom is -0.494 e. The molecule has 0 aliphatic carbocycles. The Labute approximate surface area is 122 Å². The van der Waals surface area contributed by atoms with E-state index in [1.807, 2.05) is 30.3 Å². The largest absolute Gasteiger partial charge is 0.494 e. The molecule has 1 heterocycles. The van der Waals surface area contributed by atoms with E-state index in [9.17, 15) is 0 Å². The number of nitrogens with one attached hydrogen (secondary N) is 2. The van der Waals surface area contributed by atoms with Crippen molar-refractivity contribution in [3.05, 3.63) is 36.3 Å². The van der Waals surface area contributed by atoms with Crippen LogP contribution in [0.15, 0.2) is 30.5 Å². The summed E-state index contributed by atoms with van der Waals surface area (Å²) in [5.74, 6) is 1.04. The summed E-state index contributed by atoms with van der Waals surface area (Å²) >= 11 is 0. The molecule has 0 saturated carbocycles. The lowest BCUT2D eigenvalue weighted by molar-refractivity contribution is 0.309. The van der Waals surface area contributed by atoms with Gasteiger partial charge in [0, 0.05) is 18.0 Å². The number of nitriles is 1. The lowest BCUT2D eigenvalue weighted by Crippen LogP contribution is -1.97. The van der Waals surface area contributed by atoms with E-state index in [0.29, 0.717) is 12.2 Å². The number of unbranched alkanes of at least 4 members (excludes halogenated alkanes) is 1. The quantitative estimate of drug-likeness (QED) is 0.598. The van der Waals surface area contributed by atoms with Gasteiger partial charge in [0.2, 0.25) is 5.82 Å². The first-order valence-electron chi connectivity index (χ1n) is 6.67. The Hall–Kier alpha value is -2.88. The van der Waals surface area contributed by atoms with Crippen LogP contribution in [0.2, 0.25) is 0 Å². The topological polar surface area (TPSA) is 99.5 Å². The molecule has 108 valence electrons. The zero-order chi connectivity index (χ0) is 14.9. The highest BCUT2D eigenvalue weighted by Crippen LogP contribution is 2.18. The molecule has 0 aliphatic rings. The maximum atomic E-state index is 9.07. The first kappa shape index (κ1) is 14.5. The summed E-state index contributed by atoms with van der Waals surface area (Å²) in [6, 6.07) is 9.55. The number of anilines is 1. The van der Waals surface area contributed by atoms with Crippen molar-refractivity contribution in [2.45, 2.75) is 19.8 Å². The van der Waals surface area contributed by atoms with Gasteiger partial charge < -0.3 is 10.1 Å². The van der Waals surface area contributed by atoms with Crippen LogP contribution in [0.4, 0.5) is 5.69 Å². The van der Waals surface area contributed by atoms with E-state index in [4.69, 9.17) is 10.00 Å². The van der Waals surface area contributed by atoms with Gasteiger partial charge in [-0.2, -0.15) is 10.5 Å². The lowest BCUT2D eigenvalue weighted by atomic mass is 10.2. The Balaban J connectivity index is 2.02. The molecule has 2 N–H and O–H groups in total. The normalized spacial score (nSPS) is 11.0. The van der Waals surface area contributed by atoms with Crippen molar-refractivity contribution < 1.29 is 4.74 Å². The Bertz CT molecular complexity index is 629. The molecule has 0 spiro atoms. The number of tetrazole rings is 1. The molecule has 2 rings (SSSR count). The van der Waals surface area contributed by atoms with Crippen molar-refractivity contribution in [2.24, 2.45) is 0 Å². The Morgan fingerprint density at radius 2 is 2.43 bits per heavy atom. The van der Waals surface area contributed by atoms with Crippen LogP contribution in [-0.4, -0.2) is 27.2 Å². The van der Waals surface area contributed by atoms with Crippen LogP contribution >= 0.6 is 0 Å². The number of allylic oxidation sites excluding steroid dienone is 1. The average Bonchev–Trinajstić information content (AvgIpc) is 3.03. The van der Waals surface area contributed by atoms with Gasteiger partial charge in [-0.3, -0.25) is 0 Å². The summed E-state index contributed by atoms with van der Waals surface area (Å²) < 4.78 is 5.63. The van der Waals surface area contributed by atoms with Gasteiger partial charge in [-0.15, -0.1) is 10.2 Å². The molecule has 0 fully saturated rings. The predicted molar refractivity (Wildman–Crippen MR) is 78.2 cm³/mol. The lowest BCUT2D eigenvalue weighted by Gasteiger charge is -2.07. The molecule has 0 radical (unpaired) electrons. The Morgan fingerprint density at radius 1 is 1.52 bits per heavy atom. The molecular formula is C14H16N6O. The van der Waals surface area contributed by atoms with Crippen LogP contribution in [0, 0.1) is 11.3 Å². The molecule has 0 atom stereocenters. The first-order chi connectivity index (χ1) is 10.3. The second kappa shape index (κ2) is 7.65. The number of aromatic amines is 1. The van der Waals surface area contributed by atoms with Gasteiger partial charge in [0.1, 0.15) is 17.4 Å². The van der Waals surface area contributed by atoms with Crippen LogP contribution in [0.25, 0.3) is 5.57 Å². The molecule has 0 saturated heterocycles. The summed E-state index contributed by atoms with van der Waals surface area (Å²) in [6.45, 7) is 2.82. The number of benzene rings is 1. The molecule has 0 bridgehead atoms. The van der Waals surface area contributed by atoms with Crippen molar-refractivity contribution in [1.29, 1.82) is 5.26 Å². The molecule has 1 aromatic carbocycles. The summed E-state index contributed by atoms with van der Waals surface area (Å²) in [5, 5.41) is 25.4. The summed E-state index contributed by atoms with van der Waals surface area (Å²) in [6.07, 6.45) is 3.65. The molecule has 7 heteroatoms. The fraction of sp³-hybridized carbons (Fsp3) is 0.286. The predicted octanol–water partition coefficient (Wildman–Crippen LogP) is 2.36. The highest BCUT2D eigenvalue weighted by molar-refractivity contribution is 5.74. The number of ether oxygens (including phenoxy) is 1. The van der Waals surface area contributed by atoms with Crippen molar-refractivity contribution >= 4 is 11.3 Å². The number of hydrogen-bond acceptors (Lipinski definition) is 6. The van der Waals surface area contributed by atoms with Crippen molar-refractivity contribution in [2.75, 3.05) is 11.9 Å². The number of rotatable bonds is 7. The minimum absolute atomic E-state index is 0.250. The monoisotopic (exact) mass is 284 g/mol. The standard InChI is InChI=1S/C14H16N6O/c1-2-3-7-21-13-6-4-5-12(8-13)16-10-11(9-15)14-17-19-20-18-14/h4-6,8,10,16H,2-3,7H2,1H3,(H,17,18,19,20). The summed E-state index contributed by atoms with van der Waals surface area (Å²) in [7, 11) is 0. The molecule has 7 nitrogen and oxygen atoms in total. The van der Waals surface area contributed by atoms with Crippen molar-refractivity contribution in [3.8, 4) is 11.8 Å². The smallest absolute Gasteiger partial charge is 0.216 e. The number of H-pyrrole nitrogens is 1. The van der Waals surface area contributed by atoms with E-state index in [2.05, 4.69) is 32.9 Å². The average molecular weight is 284 g/mol. The van der Waals surface area contributed by atoms with Crippen molar-refractivity contribution in [3.63, 3.8) is 0 Å². The second-order valence-corrected chi connectivity index (χ2v) is 4.28. The SMILES string of the molecule is CCCCOc1cccc(NC=C(C#N)c2nn[nH]n2)c1. The van der Waals surface area contributed by atoms with Crippen LogP contribution in [0.1, 0.15) is 25.6 Å². The molecule has 0 amide bonds. The Morgan fingerprint density at radius 3 is 3.14 bits per heavy atom. The van der Waals surface area contributed by atoms with E-state index in [1.54, 1.807) is 0 Å². The van der Waals surface area contributed by atoms with E-state index >= 15 is 0 Å². The highest BCUT2D eigenvalue weighted by Gasteiger charge is 2.05. The van der Waals surface area contributed by atoms with Crippen LogP contribution in [0.3, 0.4) is 0 Å². The molecule has 1 aromatic heterocycles. The minimum atomic E-state index is 0.250. The molecule has 0 aliphatic heterocycles. The Kier molecular flexibility index (Phi) is 5.29. The summed E-state index contributed by atoms with van der Waals surface area (Å²) in [5.41, 5.74) is 1.11. The third kappa shape index (κ3) is 4.31. The molecule has 21 heavy (non-hydrogen) atoms. The van der Waals surface area contributed by atoms with Gasteiger partial charge in [-0.1, -0.05) is 19.4 Å². The zero-order valence-corrected chi connectivity index (χ0v) is 11.7. The van der Waals surface area contributed by atoms with Gasteiger partial charge in [0.15, 0.2) is 0 Å². The number of nitrogens with zero attached hydrogens (tertiary/aromatic N) is 4. The summed E-state index contributed by atoms with van der Waals surface area (Å²) in [4.78, 5) is 0. The van der Waals surface area contributed by atoms with Crippen LogP contribution < -0.4 is 10.1 Å². The van der Waals surface area contributed by atoms with E-state index in [-0.39, 0.29) is 5.82 Å². The maximum absolute atomic E-state index is 9.07. The van der Waals surface area contributed by atoms with Crippen LogP contribution in [0.5, 0.6) is 5.75 Å². The molecular weight excluding hydrogens is 268 g/mol. The van der Waals surface area contributed by atoms with Crippen molar-refractivity contribution in [1.82, 2.24) is 20.6 Å². The molecule has 0 unspecified atom stereocenters. The first-order valence-corrected chi connectivity index (χ1v) is 6.67. The fourth-order valence-electron chi connectivity index (χ4n) is 1.59. The highest BCUT2D eigenvalue weighted by atomic mass is 16.5. The zero-order valence-electron chi connectivity index (χ0n) is 11.7. The third-order valence-electron chi connectivity index (χ3n) is 2.69. The van der Waals surface area contributed by atoms with Gasteiger partial charge in [-0.25, -0.2) is 0 Å². The third-order valence-corrected chi connectivity index (χ3v) is 2.69. The fourth-order valence-corrected chi connectivity index (χ4v) is 1.59. The van der Waals surface area contributed by atoms with Gasteiger partial charge in [-0.05, 0) is 23.8 Å². The van der Waals surface area contributed by atoms with Gasteiger partial charge in [0.25, 0.3) is 0 Å². The number of aromatic nitrogens is 4.